The SMILES string of the molecule is CCC(C)Oc1cc(C(N)=O)ccc1Nc1ncnc2ccsc12. The first-order valence-electron chi connectivity index (χ1n) is 7.64. The van der Waals surface area contributed by atoms with E-state index >= 15 is 0 Å². The van der Waals surface area contributed by atoms with Gasteiger partial charge in [-0.1, -0.05) is 6.92 Å². The summed E-state index contributed by atoms with van der Waals surface area (Å²) in [5.74, 6) is 0.790. The lowest BCUT2D eigenvalue weighted by Crippen LogP contribution is -2.14. The number of fused-ring (bicyclic) bond motifs is 1. The molecule has 3 N–H and O–H groups in total. The van der Waals surface area contributed by atoms with Gasteiger partial charge in [0.1, 0.15) is 12.1 Å². The highest BCUT2D eigenvalue weighted by Crippen LogP contribution is 2.33. The lowest BCUT2D eigenvalue weighted by atomic mass is 10.1. The summed E-state index contributed by atoms with van der Waals surface area (Å²) in [6.45, 7) is 4.01. The molecule has 3 aromatic rings. The molecule has 0 fully saturated rings. The van der Waals surface area contributed by atoms with Crippen LogP contribution in [0.25, 0.3) is 10.2 Å². The highest BCUT2D eigenvalue weighted by atomic mass is 32.1. The van der Waals surface area contributed by atoms with Crippen molar-refractivity contribution >= 4 is 39.0 Å². The van der Waals surface area contributed by atoms with Crippen LogP contribution in [0.4, 0.5) is 11.5 Å². The normalized spacial score (nSPS) is 12.1. The fourth-order valence-corrected chi connectivity index (χ4v) is 2.97. The first-order chi connectivity index (χ1) is 11.6. The van der Waals surface area contributed by atoms with Gasteiger partial charge in [-0.05, 0) is 43.0 Å². The van der Waals surface area contributed by atoms with Crippen molar-refractivity contribution in [2.24, 2.45) is 5.73 Å². The van der Waals surface area contributed by atoms with Crippen LogP contribution in [0, 0.1) is 0 Å². The van der Waals surface area contributed by atoms with Gasteiger partial charge in [-0.2, -0.15) is 0 Å². The molecule has 124 valence electrons. The Morgan fingerprint density at radius 1 is 1.38 bits per heavy atom. The van der Waals surface area contributed by atoms with Gasteiger partial charge in [-0.15, -0.1) is 11.3 Å². The third kappa shape index (κ3) is 3.30. The number of hydrogen-bond donors (Lipinski definition) is 2. The van der Waals surface area contributed by atoms with Crippen molar-refractivity contribution in [3.05, 3.63) is 41.5 Å². The summed E-state index contributed by atoms with van der Waals surface area (Å²) in [5.41, 5.74) is 7.40. The molecule has 2 heterocycles. The van der Waals surface area contributed by atoms with Crippen molar-refractivity contribution in [2.45, 2.75) is 26.4 Å². The van der Waals surface area contributed by atoms with Crippen LogP contribution >= 0.6 is 11.3 Å². The Hall–Kier alpha value is -2.67. The number of primary amides is 1. The van der Waals surface area contributed by atoms with Gasteiger partial charge in [0.05, 0.1) is 22.0 Å². The topological polar surface area (TPSA) is 90.1 Å². The molecule has 24 heavy (non-hydrogen) atoms. The van der Waals surface area contributed by atoms with E-state index in [1.807, 2.05) is 25.3 Å². The van der Waals surface area contributed by atoms with Crippen molar-refractivity contribution in [1.29, 1.82) is 0 Å². The molecule has 1 unspecified atom stereocenters. The Kier molecular flexibility index (Phi) is 4.61. The van der Waals surface area contributed by atoms with Gasteiger partial charge in [-0.25, -0.2) is 9.97 Å². The van der Waals surface area contributed by atoms with E-state index in [9.17, 15) is 4.79 Å². The molecule has 1 amide bonds. The standard InChI is InChI=1S/C17H18N4O2S/c1-3-10(2)23-14-8-11(16(18)22)4-5-12(14)21-17-15-13(6-7-24-15)19-9-20-17/h4-10H,3H2,1-2H3,(H2,18,22)(H,19,20,21). The predicted molar refractivity (Wildman–Crippen MR) is 96.0 cm³/mol. The molecule has 0 aliphatic heterocycles. The molecular formula is C17H18N4O2S. The minimum absolute atomic E-state index is 0.0147. The zero-order valence-corrected chi connectivity index (χ0v) is 14.3. The van der Waals surface area contributed by atoms with E-state index in [0.717, 1.165) is 22.3 Å². The highest BCUT2D eigenvalue weighted by molar-refractivity contribution is 7.17. The Morgan fingerprint density at radius 2 is 2.21 bits per heavy atom. The maximum atomic E-state index is 11.4. The van der Waals surface area contributed by atoms with Crippen molar-refractivity contribution < 1.29 is 9.53 Å². The molecule has 0 saturated carbocycles. The summed E-state index contributed by atoms with van der Waals surface area (Å²) < 4.78 is 6.90. The molecule has 0 spiro atoms. The number of hydrogen-bond acceptors (Lipinski definition) is 6. The fourth-order valence-electron chi connectivity index (χ4n) is 2.18. The number of nitrogens with two attached hydrogens (primary N) is 1. The maximum Gasteiger partial charge on any atom is 0.248 e. The first kappa shape index (κ1) is 16.2. The lowest BCUT2D eigenvalue weighted by molar-refractivity contribution is 0.0999. The molecule has 1 aromatic carbocycles. The third-order valence-electron chi connectivity index (χ3n) is 3.67. The summed E-state index contributed by atoms with van der Waals surface area (Å²) in [5, 5.41) is 5.25. The molecule has 6 nitrogen and oxygen atoms in total. The van der Waals surface area contributed by atoms with Crippen LogP contribution in [0.15, 0.2) is 36.0 Å². The van der Waals surface area contributed by atoms with Gasteiger partial charge in [0.2, 0.25) is 5.91 Å². The van der Waals surface area contributed by atoms with Crippen molar-refractivity contribution in [3.8, 4) is 5.75 Å². The van der Waals surface area contributed by atoms with Crippen molar-refractivity contribution in [1.82, 2.24) is 9.97 Å². The summed E-state index contributed by atoms with van der Waals surface area (Å²) in [6.07, 6.45) is 2.38. The van der Waals surface area contributed by atoms with Crippen LogP contribution < -0.4 is 15.8 Å². The summed E-state index contributed by atoms with van der Waals surface area (Å²) in [7, 11) is 0. The Bertz CT molecular complexity index is 878. The number of anilines is 2. The molecule has 0 aliphatic rings. The number of carbonyl (C=O) groups excluding carboxylic acids is 1. The monoisotopic (exact) mass is 342 g/mol. The van der Waals surface area contributed by atoms with Crippen LogP contribution in [0.3, 0.4) is 0 Å². The number of nitrogens with zero attached hydrogens (tertiary/aromatic N) is 2. The van der Waals surface area contributed by atoms with E-state index in [4.69, 9.17) is 10.5 Å². The zero-order valence-electron chi connectivity index (χ0n) is 13.4. The van der Waals surface area contributed by atoms with Gasteiger partial charge in [0, 0.05) is 5.56 Å². The van der Waals surface area contributed by atoms with Gasteiger partial charge in [-0.3, -0.25) is 4.79 Å². The van der Waals surface area contributed by atoms with E-state index < -0.39 is 5.91 Å². The van der Waals surface area contributed by atoms with Crippen molar-refractivity contribution in [2.75, 3.05) is 5.32 Å². The zero-order chi connectivity index (χ0) is 17.1. The van der Waals surface area contributed by atoms with E-state index in [2.05, 4.69) is 15.3 Å². The smallest absolute Gasteiger partial charge is 0.248 e. The number of carbonyl (C=O) groups is 1. The number of aromatic nitrogens is 2. The molecule has 0 radical (unpaired) electrons. The molecule has 2 aromatic heterocycles. The average molecular weight is 342 g/mol. The van der Waals surface area contributed by atoms with Gasteiger partial charge in [0.15, 0.2) is 5.82 Å². The van der Waals surface area contributed by atoms with E-state index in [1.165, 1.54) is 6.33 Å². The van der Waals surface area contributed by atoms with Gasteiger partial charge >= 0.3 is 0 Å². The number of ether oxygens (including phenoxy) is 1. The van der Waals surface area contributed by atoms with Crippen molar-refractivity contribution in [3.63, 3.8) is 0 Å². The van der Waals surface area contributed by atoms with Crippen LogP contribution in [0.5, 0.6) is 5.75 Å². The summed E-state index contributed by atoms with van der Waals surface area (Å²) in [4.78, 5) is 20.0. The number of thiophene rings is 1. The predicted octanol–water partition coefficient (Wildman–Crippen LogP) is 3.71. The third-order valence-corrected chi connectivity index (χ3v) is 4.58. The molecule has 0 saturated heterocycles. The quantitative estimate of drug-likeness (QED) is 0.712. The van der Waals surface area contributed by atoms with E-state index in [1.54, 1.807) is 29.5 Å². The van der Waals surface area contributed by atoms with Gasteiger partial charge < -0.3 is 15.8 Å². The maximum absolute atomic E-state index is 11.4. The minimum Gasteiger partial charge on any atom is -0.489 e. The largest absolute Gasteiger partial charge is 0.489 e. The Morgan fingerprint density at radius 3 is 2.96 bits per heavy atom. The van der Waals surface area contributed by atoms with E-state index in [-0.39, 0.29) is 6.10 Å². The second-order valence-electron chi connectivity index (χ2n) is 5.39. The van der Waals surface area contributed by atoms with E-state index in [0.29, 0.717) is 17.1 Å². The minimum atomic E-state index is -0.488. The average Bonchev–Trinajstić information content (AvgIpc) is 3.05. The van der Waals surface area contributed by atoms with Crippen LogP contribution in [-0.2, 0) is 0 Å². The second kappa shape index (κ2) is 6.84. The summed E-state index contributed by atoms with van der Waals surface area (Å²) >= 11 is 1.56. The molecular weight excluding hydrogens is 324 g/mol. The molecule has 3 rings (SSSR count). The number of nitrogens with one attached hydrogen (secondary N) is 1. The van der Waals surface area contributed by atoms with Crippen LogP contribution in [-0.4, -0.2) is 22.0 Å². The summed E-state index contributed by atoms with van der Waals surface area (Å²) in [6, 6.07) is 7.05. The first-order valence-corrected chi connectivity index (χ1v) is 8.52. The van der Waals surface area contributed by atoms with Gasteiger partial charge in [0.25, 0.3) is 0 Å². The fraction of sp³-hybridized carbons (Fsp3) is 0.235. The molecule has 0 bridgehead atoms. The molecule has 0 aliphatic carbocycles. The lowest BCUT2D eigenvalue weighted by Gasteiger charge is -2.17. The molecule has 1 atom stereocenters. The highest BCUT2D eigenvalue weighted by Gasteiger charge is 2.13. The van der Waals surface area contributed by atoms with Crippen LogP contribution in [0.2, 0.25) is 0 Å². The molecule has 7 heteroatoms. The second-order valence-corrected chi connectivity index (χ2v) is 6.31. The number of benzene rings is 1. The number of amides is 1. The van der Waals surface area contributed by atoms with Crippen LogP contribution in [0.1, 0.15) is 30.6 Å². The Labute approximate surface area is 143 Å². The Balaban J connectivity index is 1.99. The number of rotatable bonds is 6.